The molecule has 1 aromatic carbocycles. The normalized spacial score (nSPS) is 13.5. The quantitative estimate of drug-likeness (QED) is 0.694. The molecular formula is C9H8BrNS. The van der Waals surface area contributed by atoms with E-state index in [-0.39, 0.29) is 0 Å². The Kier molecular flexibility index (Phi) is 2.15. The average molecular weight is 242 g/mol. The minimum absolute atomic E-state index is 0.378. The molecule has 0 amide bonds. The molecule has 0 spiro atoms. The van der Waals surface area contributed by atoms with E-state index in [1.54, 1.807) is 11.3 Å². The Morgan fingerprint density at radius 3 is 3.08 bits per heavy atom. The summed E-state index contributed by atoms with van der Waals surface area (Å²) >= 11 is 5.24. The van der Waals surface area contributed by atoms with Gasteiger partial charge in [0.15, 0.2) is 0 Å². The van der Waals surface area contributed by atoms with E-state index in [4.69, 9.17) is 0 Å². The van der Waals surface area contributed by atoms with E-state index in [1.807, 2.05) is 5.51 Å². The van der Waals surface area contributed by atoms with Crippen molar-refractivity contribution < 1.29 is 0 Å². The molecule has 0 aliphatic heterocycles. The maximum Gasteiger partial charge on any atom is 0.0855 e. The predicted octanol–water partition coefficient (Wildman–Crippen LogP) is 3.75. The van der Waals surface area contributed by atoms with Crippen molar-refractivity contribution in [3.63, 3.8) is 0 Å². The molecule has 1 nitrogen and oxygen atoms in total. The number of alkyl halides is 1. The molecule has 1 unspecified atom stereocenters. The van der Waals surface area contributed by atoms with Gasteiger partial charge in [0.1, 0.15) is 0 Å². The van der Waals surface area contributed by atoms with E-state index in [2.05, 4.69) is 46.0 Å². The summed E-state index contributed by atoms with van der Waals surface area (Å²) in [7, 11) is 0. The Hall–Kier alpha value is -0.410. The van der Waals surface area contributed by atoms with Crippen LogP contribution in [0.25, 0.3) is 10.2 Å². The second kappa shape index (κ2) is 3.15. The summed E-state index contributed by atoms with van der Waals surface area (Å²) < 4.78 is 1.26. The number of rotatable bonds is 1. The fourth-order valence-electron chi connectivity index (χ4n) is 1.23. The summed E-state index contributed by atoms with van der Waals surface area (Å²) in [6, 6.07) is 6.29. The number of nitrogens with zero attached hydrogens (tertiary/aromatic N) is 1. The first-order chi connectivity index (χ1) is 5.79. The van der Waals surface area contributed by atoms with Gasteiger partial charge in [0.2, 0.25) is 0 Å². The fourth-order valence-corrected chi connectivity index (χ4v) is 2.31. The highest BCUT2D eigenvalue weighted by Gasteiger charge is 2.06. The van der Waals surface area contributed by atoms with Gasteiger partial charge >= 0.3 is 0 Å². The summed E-state index contributed by atoms with van der Waals surface area (Å²) in [6.07, 6.45) is 0. The first kappa shape index (κ1) is 8.20. The van der Waals surface area contributed by atoms with E-state index < -0.39 is 0 Å². The van der Waals surface area contributed by atoms with Crippen molar-refractivity contribution in [1.82, 2.24) is 4.98 Å². The monoisotopic (exact) mass is 241 g/mol. The van der Waals surface area contributed by atoms with Gasteiger partial charge in [0.25, 0.3) is 0 Å². The van der Waals surface area contributed by atoms with Crippen molar-refractivity contribution >= 4 is 37.5 Å². The standard InChI is InChI=1S/C9H8BrNS/c1-6(10)7-3-2-4-8-9(7)11-5-12-8/h2-6H,1H3. The fraction of sp³-hybridized carbons (Fsp3) is 0.222. The van der Waals surface area contributed by atoms with Crippen LogP contribution in [0.2, 0.25) is 0 Å². The second-order valence-electron chi connectivity index (χ2n) is 2.66. The molecule has 0 bridgehead atoms. The van der Waals surface area contributed by atoms with Crippen LogP contribution in [0.1, 0.15) is 17.3 Å². The molecule has 0 aliphatic carbocycles. The van der Waals surface area contributed by atoms with E-state index in [0.29, 0.717) is 4.83 Å². The second-order valence-corrected chi connectivity index (χ2v) is 4.92. The van der Waals surface area contributed by atoms with E-state index in [0.717, 1.165) is 5.52 Å². The Morgan fingerprint density at radius 1 is 1.50 bits per heavy atom. The summed E-state index contributed by atoms with van der Waals surface area (Å²) in [5.41, 5.74) is 4.30. The molecule has 62 valence electrons. The molecular weight excluding hydrogens is 234 g/mol. The number of benzene rings is 1. The molecule has 1 heterocycles. The van der Waals surface area contributed by atoms with Crippen molar-refractivity contribution in [2.45, 2.75) is 11.8 Å². The van der Waals surface area contributed by atoms with Crippen LogP contribution in [0.3, 0.4) is 0 Å². The maximum atomic E-state index is 4.33. The van der Waals surface area contributed by atoms with E-state index in [1.165, 1.54) is 10.3 Å². The van der Waals surface area contributed by atoms with E-state index in [9.17, 15) is 0 Å². The summed E-state index contributed by atoms with van der Waals surface area (Å²) in [6.45, 7) is 2.12. The molecule has 0 fully saturated rings. The maximum absolute atomic E-state index is 4.33. The number of thiazole rings is 1. The van der Waals surface area contributed by atoms with Gasteiger partial charge in [-0.25, -0.2) is 4.98 Å². The molecule has 0 saturated heterocycles. The molecule has 1 atom stereocenters. The van der Waals surface area contributed by atoms with Gasteiger partial charge in [-0.15, -0.1) is 11.3 Å². The Morgan fingerprint density at radius 2 is 2.33 bits per heavy atom. The minimum atomic E-state index is 0.378. The van der Waals surface area contributed by atoms with Crippen LogP contribution in [0.15, 0.2) is 23.7 Å². The number of para-hydroxylation sites is 1. The molecule has 0 saturated carbocycles. The SMILES string of the molecule is CC(Br)c1cccc2scnc12. The smallest absolute Gasteiger partial charge is 0.0855 e. The van der Waals surface area contributed by atoms with Crippen LogP contribution in [0.5, 0.6) is 0 Å². The summed E-state index contributed by atoms with van der Waals surface area (Å²) in [4.78, 5) is 4.71. The van der Waals surface area contributed by atoms with Gasteiger partial charge in [-0.05, 0) is 18.6 Å². The number of aromatic nitrogens is 1. The van der Waals surface area contributed by atoms with Crippen LogP contribution < -0.4 is 0 Å². The molecule has 2 rings (SSSR count). The van der Waals surface area contributed by atoms with Gasteiger partial charge in [-0.2, -0.15) is 0 Å². The van der Waals surface area contributed by atoms with Crippen LogP contribution in [-0.4, -0.2) is 4.98 Å². The van der Waals surface area contributed by atoms with Crippen molar-refractivity contribution in [1.29, 1.82) is 0 Å². The third-order valence-corrected chi connectivity index (χ3v) is 3.11. The van der Waals surface area contributed by atoms with E-state index >= 15 is 0 Å². The first-order valence-electron chi connectivity index (χ1n) is 3.75. The largest absolute Gasteiger partial charge is 0.244 e. The van der Waals surface area contributed by atoms with Crippen LogP contribution in [0.4, 0.5) is 0 Å². The lowest BCUT2D eigenvalue weighted by molar-refractivity contribution is 1.13. The van der Waals surface area contributed by atoms with Crippen LogP contribution >= 0.6 is 27.3 Å². The topological polar surface area (TPSA) is 12.9 Å². The minimum Gasteiger partial charge on any atom is -0.244 e. The predicted molar refractivity (Wildman–Crippen MR) is 57.0 cm³/mol. The Labute approximate surface area is 83.6 Å². The molecule has 0 radical (unpaired) electrons. The zero-order valence-electron chi connectivity index (χ0n) is 6.62. The van der Waals surface area contributed by atoms with Crippen molar-refractivity contribution in [2.24, 2.45) is 0 Å². The third kappa shape index (κ3) is 1.27. The summed E-state index contributed by atoms with van der Waals surface area (Å²) in [5.74, 6) is 0. The van der Waals surface area contributed by atoms with Gasteiger partial charge in [0.05, 0.1) is 15.7 Å². The van der Waals surface area contributed by atoms with Gasteiger partial charge in [-0.1, -0.05) is 28.1 Å². The molecule has 12 heavy (non-hydrogen) atoms. The molecule has 0 aliphatic rings. The first-order valence-corrected chi connectivity index (χ1v) is 5.55. The van der Waals surface area contributed by atoms with Crippen LogP contribution in [-0.2, 0) is 0 Å². The number of hydrogen-bond acceptors (Lipinski definition) is 2. The molecule has 2 aromatic rings. The van der Waals surface area contributed by atoms with Crippen molar-refractivity contribution in [3.8, 4) is 0 Å². The lowest BCUT2D eigenvalue weighted by Gasteiger charge is -2.02. The van der Waals surface area contributed by atoms with Crippen LogP contribution in [0, 0.1) is 0 Å². The Balaban J connectivity index is 2.73. The zero-order valence-corrected chi connectivity index (χ0v) is 9.02. The number of hydrogen-bond donors (Lipinski definition) is 0. The molecule has 1 aromatic heterocycles. The Bertz CT molecular complexity index is 394. The number of fused-ring (bicyclic) bond motifs is 1. The van der Waals surface area contributed by atoms with Crippen molar-refractivity contribution in [3.05, 3.63) is 29.3 Å². The zero-order chi connectivity index (χ0) is 8.55. The third-order valence-electron chi connectivity index (χ3n) is 1.82. The lowest BCUT2D eigenvalue weighted by atomic mass is 10.1. The van der Waals surface area contributed by atoms with Crippen molar-refractivity contribution in [2.75, 3.05) is 0 Å². The van der Waals surface area contributed by atoms with Gasteiger partial charge in [-0.3, -0.25) is 0 Å². The highest BCUT2D eigenvalue weighted by Crippen LogP contribution is 2.29. The highest BCUT2D eigenvalue weighted by atomic mass is 79.9. The van der Waals surface area contributed by atoms with Gasteiger partial charge < -0.3 is 0 Å². The molecule has 3 heteroatoms. The number of halogens is 1. The molecule has 0 N–H and O–H groups in total. The lowest BCUT2D eigenvalue weighted by Crippen LogP contribution is -1.84. The highest BCUT2D eigenvalue weighted by molar-refractivity contribution is 9.09. The average Bonchev–Trinajstić information content (AvgIpc) is 2.49. The van der Waals surface area contributed by atoms with Gasteiger partial charge in [0, 0.05) is 4.83 Å². The summed E-state index contributed by atoms with van der Waals surface area (Å²) in [5, 5.41) is 0.